The van der Waals surface area contributed by atoms with Crippen LogP contribution in [0.1, 0.15) is 5.69 Å². The van der Waals surface area contributed by atoms with Crippen LogP contribution in [0.25, 0.3) is 10.8 Å². The molecule has 1 saturated heterocycles. The van der Waals surface area contributed by atoms with Gasteiger partial charge in [0.2, 0.25) is 0 Å². The normalized spacial score (nSPS) is 19.5. The summed E-state index contributed by atoms with van der Waals surface area (Å²) in [5, 5.41) is 5.69. The summed E-state index contributed by atoms with van der Waals surface area (Å²) in [7, 11) is 1.69. The highest BCUT2D eigenvalue weighted by Gasteiger charge is 2.16. The minimum atomic E-state index is 0.217. The van der Waals surface area contributed by atoms with E-state index in [4.69, 9.17) is 9.47 Å². The van der Waals surface area contributed by atoms with E-state index in [1.165, 1.54) is 5.39 Å². The second-order valence-corrected chi connectivity index (χ2v) is 4.75. The molecule has 1 fully saturated rings. The van der Waals surface area contributed by atoms with Crippen molar-refractivity contribution in [1.29, 1.82) is 0 Å². The predicted molar refractivity (Wildman–Crippen MR) is 74.6 cm³/mol. The SMILES string of the molecule is COc1ccc2c(CC3CNCCO3)nccc2c1. The zero-order valence-corrected chi connectivity index (χ0v) is 11.1. The quantitative estimate of drug-likeness (QED) is 0.911. The first kappa shape index (κ1) is 12.4. The molecule has 4 heteroatoms. The number of benzene rings is 1. The second kappa shape index (κ2) is 5.55. The van der Waals surface area contributed by atoms with Crippen LogP contribution in [0.15, 0.2) is 30.5 Å². The Balaban J connectivity index is 1.90. The number of aromatic nitrogens is 1. The number of methoxy groups -OCH3 is 1. The zero-order valence-electron chi connectivity index (χ0n) is 11.1. The number of morpholine rings is 1. The first-order valence-corrected chi connectivity index (χ1v) is 6.61. The van der Waals surface area contributed by atoms with E-state index in [-0.39, 0.29) is 6.10 Å². The smallest absolute Gasteiger partial charge is 0.119 e. The fourth-order valence-electron chi connectivity index (χ4n) is 2.47. The van der Waals surface area contributed by atoms with Gasteiger partial charge in [0, 0.05) is 31.1 Å². The molecule has 0 radical (unpaired) electrons. The fourth-order valence-corrected chi connectivity index (χ4v) is 2.47. The number of ether oxygens (including phenoxy) is 2. The highest BCUT2D eigenvalue weighted by Crippen LogP contribution is 2.23. The molecule has 2 aromatic rings. The van der Waals surface area contributed by atoms with Gasteiger partial charge < -0.3 is 14.8 Å². The van der Waals surface area contributed by atoms with Gasteiger partial charge in [0.1, 0.15) is 5.75 Å². The van der Waals surface area contributed by atoms with Crippen LogP contribution in [0, 0.1) is 0 Å². The van der Waals surface area contributed by atoms with E-state index in [0.29, 0.717) is 0 Å². The maximum atomic E-state index is 5.75. The molecule has 0 amide bonds. The summed E-state index contributed by atoms with van der Waals surface area (Å²) in [4.78, 5) is 4.51. The van der Waals surface area contributed by atoms with Gasteiger partial charge in [-0.2, -0.15) is 0 Å². The van der Waals surface area contributed by atoms with Crippen molar-refractivity contribution < 1.29 is 9.47 Å². The summed E-state index contributed by atoms with van der Waals surface area (Å²) in [5.74, 6) is 0.875. The molecule has 1 aliphatic heterocycles. The molecule has 1 aliphatic rings. The summed E-state index contributed by atoms with van der Waals surface area (Å²) >= 11 is 0. The lowest BCUT2D eigenvalue weighted by Gasteiger charge is -2.23. The van der Waals surface area contributed by atoms with Gasteiger partial charge in [-0.15, -0.1) is 0 Å². The molecule has 1 aromatic carbocycles. The van der Waals surface area contributed by atoms with Crippen LogP contribution in [0.5, 0.6) is 5.75 Å². The fraction of sp³-hybridized carbons (Fsp3) is 0.400. The number of hydrogen-bond acceptors (Lipinski definition) is 4. The van der Waals surface area contributed by atoms with E-state index in [2.05, 4.69) is 16.4 Å². The molecule has 1 atom stereocenters. The van der Waals surface area contributed by atoms with E-state index in [1.54, 1.807) is 7.11 Å². The lowest BCUT2D eigenvalue weighted by atomic mass is 10.0. The van der Waals surface area contributed by atoms with Crippen molar-refractivity contribution in [2.24, 2.45) is 0 Å². The van der Waals surface area contributed by atoms with Crippen LogP contribution in [-0.2, 0) is 11.2 Å². The van der Waals surface area contributed by atoms with Gasteiger partial charge in [0.15, 0.2) is 0 Å². The molecule has 19 heavy (non-hydrogen) atoms. The third-order valence-electron chi connectivity index (χ3n) is 3.48. The Morgan fingerprint density at radius 1 is 1.42 bits per heavy atom. The van der Waals surface area contributed by atoms with E-state index >= 15 is 0 Å². The number of nitrogens with zero attached hydrogens (tertiary/aromatic N) is 1. The minimum Gasteiger partial charge on any atom is -0.497 e. The standard InChI is InChI=1S/C15H18N2O2/c1-18-12-2-3-14-11(8-12)4-5-17-15(14)9-13-10-16-6-7-19-13/h2-5,8,13,16H,6-7,9-10H2,1H3. The van der Waals surface area contributed by atoms with E-state index in [9.17, 15) is 0 Å². The van der Waals surface area contributed by atoms with Crippen molar-refractivity contribution in [3.05, 3.63) is 36.2 Å². The van der Waals surface area contributed by atoms with Crippen LogP contribution in [-0.4, -0.2) is 37.9 Å². The Bertz CT molecular complexity index is 565. The van der Waals surface area contributed by atoms with Crippen molar-refractivity contribution in [1.82, 2.24) is 10.3 Å². The van der Waals surface area contributed by atoms with Gasteiger partial charge >= 0.3 is 0 Å². The number of nitrogens with one attached hydrogen (secondary N) is 1. The van der Waals surface area contributed by atoms with Gasteiger partial charge in [-0.25, -0.2) is 0 Å². The van der Waals surface area contributed by atoms with Crippen LogP contribution in [0.4, 0.5) is 0 Å². The number of pyridine rings is 1. The molecule has 3 rings (SSSR count). The summed E-state index contributed by atoms with van der Waals surface area (Å²) in [6, 6.07) is 8.11. The number of fused-ring (bicyclic) bond motifs is 1. The first-order chi connectivity index (χ1) is 9.36. The molecule has 2 heterocycles. The van der Waals surface area contributed by atoms with Crippen LogP contribution in [0.2, 0.25) is 0 Å². The Hall–Kier alpha value is -1.65. The number of rotatable bonds is 3. The van der Waals surface area contributed by atoms with Crippen LogP contribution < -0.4 is 10.1 Å². The Kier molecular flexibility index (Phi) is 3.62. The highest BCUT2D eigenvalue weighted by molar-refractivity contribution is 5.85. The average Bonchev–Trinajstić information content (AvgIpc) is 2.48. The van der Waals surface area contributed by atoms with Crippen LogP contribution in [0.3, 0.4) is 0 Å². The molecule has 1 aromatic heterocycles. The summed E-state index contributed by atoms with van der Waals surface area (Å²) < 4.78 is 11.0. The van der Waals surface area contributed by atoms with Gasteiger partial charge in [-0.05, 0) is 29.7 Å². The first-order valence-electron chi connectivity index (χ1n) is 6.61. The predicted octanol–water partition coefficient (Wildman–Crippen LogP) is 1.77. The highest BCUT2D eigenvalue weighted by atomic mass is 16.5. The van der Waals surface area contributed by atoms with Gasteiger partial charge in [-0.3, -0.25) is 4.98 Å². The third-order valence-corrected chi connectivity index (χ3v) is 3.48. The second-order valence-electron chi connectivity index (χ2n) is 4.75. The van der Waals surface area contributed by atoms with Crippen molar-refractivity contribution in [2.45, 2.75) is 12.5 Å². The molecule has 1 N–H and O–H groups in total. The molecule has 0 spiro atoms. The summed E-state index contributed by atoms with van der Waals surface area (Å²) in [6.45, 7) is 2.62. The van der Waals surface area contributed by atoms with Crippen molar-refractivity contribution in [3.63, 3.8) is 0 Å². The maximum absolute atomic E-state index is 5.75. The molecular formula is C15H18N2O2. The Labute approximate surface area is 112 Å². The van der Waals surface area contributed by atoms with E-state index < -0.39 is 0 Å². The summed E-state index contributed by atoms with van der Waals surface area (Å²) in [6.07, 6.45) is 2.92. The average molecular weight is 258 g/mol. The Morgan fingerprint density at radius 3 is 3.16 bits per heavy atom. The third kappa shape index (κ3) is 2.69. The molecule has 4 nitrogen and oxygen atoms in total. The van der Waals surface area contributed by atoms with Gasteiger partial charge in [-0.1, -0.05) is 0 Å². The molecule has 1 unspecified atom stereocenters. The minimum absolute atomic E-state index is 0.217. The largest absolute Gasteiger partial charge is 0.497 e. The molecule has 0 bridgehead atoms. The van der Waals surface area contributed by atoms with Crippen LogP contribution >= 0.6 is 0 Å². The van der Waals surface area contributed by atoms with Crippen molar-refractivity contribution in [2.75, 3.05) is 26.8 Å². The van der Waals surface area contributed by atoms with E-state index in [0.717, 1.165) is 42.9 Å². The topological polar surface area (TPSA) is 43.4 Å². The van der Waals surface area contributed by atoms with Gasteiger partial charge in [0.25, 0.3) is 0 Å². The van der Waals surface area contributed by atoms with E-state index in [1.807, 2.05) is 24.4 Å². The lowest BCUT2D eigenvalue weighted by molar-refractivity contribution is 0.0289. The lowest BCUT2D eigenvalue weighted by Crippen LogP contribution is -2.39. The molecule has 0 saturated carbocycles. The monoisotopic (exact) mass is 258 g/mol. The maximum Gasteiger partial charge on any atom is 0.119 e. The molecule has 0 aliphatic carbocycles. The van der Waals surface area contributed by atoms with Crippen molar-refractivity contribution in [3.8, 4) is 5.75 Å². The Morgan fingerprint density at radius 2 is 2.37 bits per heavy atom. The van der Waals surface area contributed by atoms with Crippen molar-refractivity contribution >= 4 is 10.8 Å². The van der Waals surface area contributed by atoms with Gasteiger partial charge in [0.05, 0.1) is 25.5 Å². The molecule has 100 valence electrons. The molecular weight excluding hydrogens is 240 g/mol. The zero-order chi connectivity index (χ0) is 13.1. The number of hydrogen-bond donors (Lipinski definition) is 1. The summed E-state index contributed by atoms with van der Waals surface area (Å²) in [5.41, 5.74) is 1.09.